The summed E-state index contributed by atoms with van der Waals surface area (Å²) in [6, 6.07) is 20.1. The Balaban J connectivity index is 1.64. The number of hydrogen-bond acceptors (Lipinski definition) is 6. The number of hydrazone groups is 1. The minimum atomic E-state index is -0.371. The fourth-order valence-electron chi connectivity index (χ4n) is 2.83. The molecule has 160 valence electrons. The third-order valence-electron chi connectivity index (χ3n) is 4.45. The highest BCUT2D eigenvalue weighted by atomic mass is 16.5. The van der Waals surface area contributed by atoms with Gasteiger partial charge in [-0.1, -0.05) is 30.3 Å². The zero-order valence-corrected chi connectivity index (χ0v) is 17.6. The van der Waals surface area contributed by atoms with Gasteiger partial charge in [0.15, 0.2) is 23.0 Å². The fraction of sp³-hybridized carbons (Fsp3) is 0.167. The number of methoxy groups -OCH3 is 3. The monoisotopic (exact) mass is 420 g/mol. The quantitative estimate of drug-likeness (QED) is 0.417. The second-order valence-corrected chi connectivity index (χ2v) is 6.45. The SMILES string of the molecule is COc1ccc(/C=N/NC(=O)c2ccc(OCc3ccccc3)c(OC)c2)cc1OC. The van der Waals surface area contributed by atoms with Crippen LogP contribution in [0.4, 0.5) is 0 Å². The number of hydrogen-bond donors (Lipinski definition) is 1. The molecule has 1 N–H and O–H groups in total. The molecule has 0 unspecified atom stereocenters. The van der Waals surface area contributed by atoms with Crippen LogP contribution in [0.5, 0.6) is 23.0 Å². The highest BCUT2D eigenvalue weighted by Crippen LogP contribution is 2.29. The van der Waals surface area contributed by atoms with Gasteiger partial charge in [-0.05, 0) is 47.5 Å². The lowest BCUT2D eigenvalue weighted by molar-refractivity contribution is 0.0954. The van der Waals surface area contributed by atoms with E-state index in [1.54, 1.807) is 50.6 Å². The molecule has 7 heteroatoms. The maximum absolute atomic E-state index is 12.5. The molecule has 0 fully saturated rings. The van der Waals surface area contributed by atoms with E-state index in [2.05, 4.69) is 10.5 Å². The molecule has 3 aromatic carbocycles. The van der Waals surface area contributed by atoms with Gasteiger partial charge in [-0.15, -0.1) is 0 Å². The summed E-state index contributed by atoms with van der Waals surface area (Å²) in [5.41, 5.74) is 4.69. The van der Waals surface area contributed by atoms with Crippen molar-refractivity contribution in [1.29, 1.82) is 0 Å². The zero-order valence-electron chi connectivity index (χ0n) is 17.6. The summed E-state index contributed by atoms with van der Waals surface area (Å²) in [4.78, 5) is 12.5. The van der Waals surface area contributed by atoms with E-state index < -0.39 is 0 Å². The summed E-state index contributed by atoms with van der Waals surface area (Å²) >= 11 is 0. The summed E-state index contributed by atoms with van der Waals surface area (Å²) in [7, 11) is 4.65. The molecule has 0 saturated carbocycles. The van der Waals surface area contributed by atoms with Crippen molar-refractivity contribution < 1.29 is 23.7 Å². The lowest BCUT2D eigenvalue weighted by atomic mass is 10.2. The van der Waals surface area contributed by atoms with E-state index in [1.165, 1.54) is 13.3 Å². The average Bonchev–Trinajstić information content (AvgIpc) is 2.83. The maximum atomic E-state index is 12.5. The third kappa shape index (κ3) is 5.76. The Morgan fingerprint density at radius 3 is 2.23 bits per heavy atom. The molecule has 0 spiro atoms. The van der Waals surface area contributed by atoms with Crippen LogP contribution in [0.15, 0.2) is 71.8 Å². The maximum Gasteiger partial charge on any atom is 0.271 e. The largest absolute Gasteiger partial charge is 0.493 e. The van der Waals surface area contributed by atoms with Gasteiger partial charge in [-0.3, -0.25) is 4.79 Å². The van der Waals surface area contributed by atoms with Crippen LogP contribution in [0.3, 0.4) is 0 Å². The number of nitrogens with zero attached hydrogens (tertiary/aromatic N) is 1. The predicted molar refractivity (Wildman–Crippen MR) is 118 cm³/mol. The van der Waals surface area contributed by atoms with Gasteiger partial charge >= 0.3 is 0 Å². The Labute approximate surface area is 181 Å². The molecular formula is C24H24N2O5. The van der Waals surface area contributed by atoms with Crippen LogP contribution in [0.25, 0.3) is 0 Å². The summed E-state index contributed by atoms with van der Waals surface area (Å²) in [6.07, 6.45) is 1.52. The summed E-state index contributed by atoms with van der Waals surface area (Å²) < 4.78 is 21.7. The smallest absolute Gasteiger partial charge is 0.271 e. The van der Waals surface area contributed by atoms with E-state index in [4.69, 9.17) is 18.9 Å². The van der Waals surface area contributed by atoms with Gasteiger partial charge < -0.3 is 18.9 Å². The first kappa shape index (κ1) is 21.7. The van der Waals surface area contributed by atoms with Crippen LogP contribution in [0.2, 0.25) is 0 Å². The van der Waals surface area contributed by atoms with Gasteiger partial charge in [0.2, 0.25) is 0 Å². The number of carbonyl (C=O) groups is 1. The minimum Gasteiger partial charge on any atom is -0.493 e. The van der Waals surface area contributed by atoms with Gasteiger partial charge in [0.1, 0.15) is 6.61 Å². The first-order valence-corrected chi connectivity index (χ1v) is 9.54. The first-order valence-electron chi connectivity index (χ1n) is 9.54. The molecule has 0 atom stereocenters. The van der Waals surface area contributed by atoms with Crippen molar-refractivity contribution in [2.24, 2.45) is 5.10 Å². The standard InChI is InChI=1S/C24H24N2O5/c1-28-20-11-9-18(13-22(20)29-2)15-25-26-24(27)19-10-12-21(23(14-19)30-3)31-16-17-7-5-4-6-8-17/h4-15H,16H2,1-3H3,(H,26,27)/b25-15+. The van der Waals surface area contributed by atoms with Crippen LogP contribution in [-0.4, -0.2) is 33.5 Å². The lowest BCUT2D eigenvalue weighted by Crippen LogP contribution is -2.17. The Hall–Kier alpha value is -4.00. The third-order valence-corrected chi connectivity index (χ3v) is 4.45. The van der Waals surface area contributed by atoms with Gasteiger partial charge in [0, 0.05) is 5.56 Å². The molecule has 0 saturated heterocycles. The average molecular weight is 420 g/mol. The minimum absolute atomic E-state index is 0.371. The van der Waals surface area contributed by atoms with Crippen molar-refractivity contribution in [1.82, 2.24) is 5.43 Å². The predicted octanol–water partition coefficient (Wildman–Crippen LogP) is 4.06. The summed E-state index contributed by atoms with van der Waals surface area (Å²) in [6.45, 7) is 0.401. The number of rotatable bonds is 9. The molecule has 7 nitrogen and oxygen atoms in total. The number of nitrogens with one attached hydrogen (secondary N) is 1. The van der Waals surface area contributed by atoms with Crippen molar-refractivity contribution >= 4 is 12.1 Å². The van der Waals surface area contributed by atoms with Gasteiger partial charge in [-0.2, -0.15) is 5.10 Å². The van der Waals surface area contributed by atoms with Crippen molar-refractivity contribution in [3.05, 3.63) is 83.4 Å². The fourth-order valence-corrected chi connectivity index (χ4v) is 2.83. The second-order valence-electron chi connectivity index (χ2n) is 6.45. The molecular weight excluding hydrogens is 396 g/mol. The Kier molecular flexibility index (Phi) is 7.48. The van der Waals surface area contributed by atoms with Crippen molar-refractivity contribution in [3.63, 3.8) is 0 Å². The molecule has 0 aromatic heterocycles. The molecule has 31 heavy (non-hydrogen) atoms. The highest BCUT2D eigenvalue weighted by Gasteiger charge is 2.11. The van der Waals surface area contributed by atoms with Gasteiger partial charge in [-0.25, -0.2) is 5.43 Å². The molecule has 3 aromatic rings. The molecule has 3 rings (SSSR count). The molecule has 0 aliphatic carbocycles. The molecule has 1 amide bonds. The Morgan fingerprint density at radius 2 is 1.52 bits per heavy atom. The second kappa shape index (κ2) is 10.7. The highest BCUT2D eigenvalue weighted by molar-refractivity contribution is 5.95. The van der Waals surface area contributed by atoms with E-state index in [0.29, 0.717) is 35.2 Å². The number of benzene rings is 3. The van der Waals surface area contributed by atoms with Crippen LogP contribution < -0.4 is 24.4 Å². The van der Waals surface area contributed by atoms with E-state index >= 15 is 0 Å². The summed E-state index contributed by atoms with van der Waals surface area (Å²) in [5.74, 6) is 1.84. The van der Waals surface area contributed by atoms with Crippen LogP contribution in [-0.2, 0) is 6.61 Å². The zero-order chi connectivity index (χ0) is 22.1. The van der Waals surface area contributed by atoms with E-state index in [0.717, 1.165) is 11.1 Å². The summed E-state index contributed by atoms with van der Waals surface area (Å²) in [5, 5.41) is 4.01. The van der Waals surface area contributed by atoms with Gasteiger partial charge in [0.05, 0.1) is 27.5 Å². The Bertz CT molecular complexity index is 1050. The Morgan fingerprint density at radius 1 is 0.839 bits per heavy atom. The van der Waals surface area contributed by atoms with Crippen LogP contribution in [0, 0.1) is 0 Å². The van der Waals surface area contributed by atoms with Crippen LogP contribution >= 0.6 is 0 Å². The van der Waals surface area contributed by atoms with Gasteiger partial charge in [0.25, 0.3) is 5.91 Å². The van der Waals surface area contributed by atoms with E-state index in [9.17, 15) is 4.79 Å². The van der Waals surface area contributed by atoms with E-state index in [1.807, 2.05) is 30.3 Å². The molecule has 0 aliphatic rings. The van der Waals surface area contributed by atoms with Crippen molar-refractivity contribution in [2.45, 2.75) is 6.61 Å². The number of carbonyl (C=O) groups excluding carboxylic acids is 1. The van der Waals surface area contributed by atoms with Crippen molar-refractivity contribution in [3.8, 4) is 23.0 Å². The topological polar surface area (TPSA) is 78.4 Å². The number of amides is 1. The normalized spacial score (nSPS) is 10.5. The van der Waals surface area contributed by atoms with Crippen molar-refractivity contribution in [2.75, 3.05) is 21.3 Å². The molecule has 0 heterocycles. The molecule has 0 radical (unpaired) electrons. The first-order chi connectivity index (χ1) is 15.1. The number of ether oxygens (including phenoxy) is 4. The van der Waals surface area contributed by atoms with Crippen LogP contribution in [0.1, 0.15) is 21.5 Å². The lowest BCUT2D eigenvalue weighted by Gasteiger charge is -2.12. The van der Waals surface area contributed by atoms with E-state index in [-0.39, 0.29) is 5.91 Å². The molecule has 0 bridgehead atoms. The molecule has 0 aliphatic heterocycles.